The van der Waals surface area contributed by atoms with Crippen molar-refractivity contribution in [1.82, 2.24) is 0 Å². The minimum atomic E-state index is 1.01. The summed E-state index contributed by atoms with van der Waals surface area (Å²) in [6.07, 6.45) is 3.86. The molecule has 2 aliphatic rings. The SMILES string of the molecule is C1=NC2=C(c3cccs3)C=NC2=C1c1cccs1. The Morgan fingerprint density at radius 2 is 1.22 bits per heavy atom. The van der Waals surface area contributed by atoms with Crippen LogP contribution in [0.1, 0.15) is 9.75 Å². The summed E-state index contributed by atoms with van der Waals surface area (Å²) < 4.78 is 0. The minimum Gasteiger partial charge on any atom is -0.253 e. The van der Waals surface area contributed by atoms with Gasteiger partial charge in [-0.25, -0.2) is 0 Å². The fraction of sp³-hybridized carbons (Fsp3) is 0. The van der Waals surface area contributed by atoms with Crippen LogP contribution in [0.3, 0.4) is 0 Å². The fourth-order valence-electron chi connectivity index (χ4n) is 2.12. The number of allylic oxidation sites excluding steroid dienone is 2. The van der Waals surface area contributed by atoms with E-state index in [1.165, 1.54) is 9.75 Å². The highest BCUT2D eigenvalue weighted by atomic mass is 32.1. The van der Waals surface area contributed by atoms with Crippen LogP contribution >= 0.6 is 22.7 Å². The Morgan fingerprint density at radius 1 is 0.722 bits per heavy atom. The number of nitrogens with zero attached hydrogens (tertiary/aromatic N) is 2. The first-order valence-corrected chi connectivity index (χ1v) is 7.34. The topological polar surface area (TPSA) is 24.7 Å². The van der Waals surface area contributed by atoms with Crippen molar-refractivity contribution in [3.8, 4) is 0 Å². The van der Waals surface area contributed by atoms with Gasteiger partial charge in [0.05, 0.1) is 11.4 Å². The van der Waals surface area contributed by atoms with E-state index in [4.69, 9.17) is 0 Å². The van der Waals surface area contributed by atoms with E-state index in [0.29, 0.717) is 0 Å². The maximum atomic E-state index is 4.54. The lowest BCUT2D eigenvalue weighted by Gasteiger charge is -1.96. The van der Waals surface area contributed by atoms with Gasteiger partial charge in [0.1, 0.15) is 0 Å². The van der Waals surface area contributed by atoms with Crippen LogP contribution in [0.4, 0.5) is 0 Å². The van der Waals surface area contributed by atoms with Gasteiger partial charge in [0, 0.05) is 33.3 Å². The molecule has 4 rings (SSSR count). The maximum absolute atomic E-state index is 4.54. The van der Waals surface area contributed by atoms with E-state index in [2.05, 4.69) is 45.0 Å². The summed E-state index contributed by atoms with van der Waals surface area (Å²) in [5.74, 6) is 0. The van der Waals surface area contributed by atoms with Crippen LogP contribution in [0.2, 0.25) is 0 Å². The first-order chi connectivity index (χ1) is 8.93. The van der Waals surface area contributed by atoms with Gasteiger partial charge in [-0.3, -0.25) is 9.98 Å². The lowest BCUT2D eigenvalue weighted by molar-refractivity contribution is 1.34. The van der Waals surface area contributed by atoms with Gasteiger partial charge in [0.25, 0.3) is 0 Å². The number of rotatable bonds is 2. The molecule has 0 bridgehead atoms. The van der Waals surface area contributed by atoms with Crippen molar-refractivity contribution in [2.45, 2.75) is 0 Å². The normalized spacial score (nSPS) is 17.1. The van der Waals surface area contributed by atoms with Gasteiger partial charge in [0.15, 0.2) is 0 Å². The molecule has 0 saturated carbocycles. The monoisotopic (exact) mass is 268 g/mol. The van der Waals surface area contributed by atoms with Gasteiger partial charge in [0.2, 0.25) is 0 Å². The predicted octanol–water partition coefficient (Wildman–Crippen LogP) is 4.10. The van der Waals surface area contributed by atoms with E-state index in [1.54, 1.807) is 22.7 Å². The van der Waals surface area contributed by atoms with Crippen LogP contribution in [0, 0.1) is 0 Å². The third-order valence-corrected chi connectivity index (χ3v) is 4.76. The van der Waals surface area contributed by atoms with E-state index in [-0.39, 0.29) is 0 Å². The van der Waals surface area contributed by atoms with E-state index in [0.717, 1.165) is 22.5 Å². The van der Waals surface area contributed by atoms with Gasteiger partial charge >= 0.3 is 0 Å². The molecule has 2 aliphatic heterocycles. The average Bonchev–Trinajstić information content (AvgIpc) is 3.14. The zero-order valence-electron chi connectivity index (χ0n) is 9.33. The number of fused-ring (bicyclic) bond motifs is 1. The summed E-state index contributed by atoms with van der Waals surface area (Å²) in [6.45, 7) is 0. The zero-order valence-corrected chi connectivity index (χ0v) is 11.0. The molecule has 0 fully saturated rings. The third kappa shape index (κ3) is 1.39. The van der Waals surface area contributed by atoms with Crippen LogP contribution in [-0.4, -0.2) is 12.4 Å². The summed E-state index contributed by atoms with van der Waals surface area (Å²) in [4.78, 5) is 11.5. The van der Waals surface area contributed by atoms with E-state index < -0.39 is 0 Å². The van der Waals surface area contributed by atoms with Gasteiger partial charge in [-0.2, -0.15) is 0 Å². The second kappa shape index (κ2) is 3.86. The molecule has 0 spiro atoms. The van der Waals surface area contributed by atoms with Crippen LogP contribution in [-0.2, 0) is 0 Å². The molecule has 0 N–H and O–H groups in total. The largest absolute Gasteiger partial charge is 0.253 e. The molecule has 0 aromatic carbocycles. The van der Waals surface area contributed by atoms with Crippen LogP contribution in [0.5, 0.6) is 0 Å². The fourth-order valence-corrected chi connectivity index (χ4v) is 3.60. The molecule has 2 aromatic heterocycles. The average molecular weight is 268 g/mol. The van der Waals surface area contributed by atoms with Crippen molar-refractivity contribution in [2.75, 3.05) is 0 Å². The molecule has 86 valence electrons. The van der Waals surface area contributed by atoms with Crippen molar-refractivity contribution in [2.24, 2.45) is 9.98 Å². The zero-order chi connectivity index (χ0) is 11.9. The van der Waals surface area contributed by atoms with E-state index in [1.807, 2.05) is 12.4 Å². The number of aliphatic imine (C=N–C) groups is 2. The third-order valence-electron chi connectivity index (χ3n) is 2.95. The quantitative estimate of drug-likeness (QED) is 0.783. The lowest BCUT2D eigenvalue weighted by Crippen LogP contribution is -1.81. The second-order valence-corrected chi connectivity index (χ2v) is 5.89. The van der Waals surface area contributed by atoms with Gasteiger partial charge in [-0.1, -0.05) is 12.1 Å². The number of thiophene rings is 2. The highest BCUT2D eigenvalue weighted by molar-refractivity contribution is 7.11. The van der Waals surface area contributed by atoms with Crippen LogP contribution in [0.25, 0.3) is 11.1 Å². The Kier molecular flexibility index (Phi) is 2.18. The first kappa shape index (κ1) is 10.2. The Hall–Kier alpha value is -1.78. The molecule has 4 heteroatoms. The summed E-state index contributed by atoms with van der Waals surface area (Å²) in [7, 11) is 0. The molecule has 0 atom stereocenters. The van der Waals surface area contributed by atoms with Crippen molar-refractivity contribution in [1.29, 1.82) is 0 Å². The number of hydrogen-bond acceptors (Lipinski definition) is 4. The highest BCUT2D eigenvalue weighted by Gasteiger charge is 2.25. The summed E-state index contributed by atoms with van der Waals surface area (Å²) in [6, 6.07) is 8.34. The maximum Gasteiger partial charge on any atom is 0.0995 e. The van der Waals surface area contributed by atoms with Crippen molar-refractivity contribution in [3.63, 3.8) is 0 Å². The second-order valence-electron chi connectivity index (χ2n) is 4.00. The Balaban J connectivity index is 1.89. The van der Waals surface area contributed by atoms with Crippen LogP contribution < -0.4 is 0 Å². The molecule has 2 aromatic rings. The molecule has 0 unspecified atom stereocenters. The van der Waals surface area contributed by atoms with E-state index in [9.17, 15) is 0 Å². The molecule has 0 saturated heterocycles. The standard InChI is InChI=1S/C14H8N2S2/c1-3-11(17-5-1)9-7-15-14-10(8-16-13(9)14)12-4-2-6-18-12/h1-8H. The smallest absolute Gasteiger partial charge is 0.0995 e. The highest BCUT2D eigenvalue weighted by Crippen LogP contribution is 2.39. The molecular weight excluding hydrogens is 260 g/mol. The number of hydrogen-bond donors (Lipinski definition) is 0. The van der Waals surface area contributed by atoms with Crippen molar-refractivity contribution >= 4 is 46.2 Å². The summed E-state index contributed by atoms with van der Waals surface area (Å²) in [5.41, 5.74) is 4.31. The molecule has 4 heterocycles. The molecule has 0 aliphatic carbocycles. The van der Waals surface area contributed by atoms with Crippen LogP contribution in [0.15, 0.2) is 56.4 Å². The Morgan fingerprint density at radius 3 is 1.61 bits per heavy atom. The predicted molar refractivity (Wildman–Crippen MR) is 79.5 cm³/mol. The first-order valence-electron chi connectivity index (χ1n) is 5.58. The summed E-state index contributed by atoms with van der Waals surface area (Å²) >= 11 is 3.45. The molecule has 18 heavy (non-hydrogen) atoms. The summed E-state index contributed by atoms with van der Waals surface area (Å²) in [5, 5.41) is 4.16. The molecule has 0 radical (unpaired) electrons. The van der Waals surface area contributed by atoms with E-state index >= 15 is 0 Å². The van der Waals surface area contributed by atoms with Crippen molar-refractivity contribution in [3.05, 3.63) is 56.2 Å². The van der Waals surface area contributed by atoms with Gasteiger partial charge < -0.3 is 0 Å². The Labute approximate surface area is 112 Å². The Bertz CT molecular complexity index is 650. The van der Waals surface area contributed by atoms with Gasteiger partial charge in [-0.05, 0) is 22.9 Å². The lowest BCUT2D eigenvalue weighted by atomic mass is 10.1. The van der Waals surface area contributed by atoms with Gasteiger partial charge in [-0.15, -0.1) is 22.7 Å². The molecule has 0 amide bonds. The van der Waals surface area contributed by atoms with Crippen molar-refractivity contribution < 1.29 is 0 Å². The molecule has 2 nitrogen and oxygen atoms in total. The molecular formula is C14H8N2S2. The minimum absolute atomic E-state index is 1.01.